The summed E-state index contributed by atoms with van der Waals surface area (Å²) in [5, 5.41) is 6.81. The average Bonchev–Trinajstić information content (AvgIpc) is 2.55. The van der Waals surface area contributed by atoms with Crippen molar-refractivity contribution in [3.05, 3.63) is 76.8 Å². The number of benzene rings is 3. The molecule has 3 aromatic rings. The van der Waals surface area contributed by atoms with Gasteiger partial charge in [0.15, 0.2) is 0 Å². The number of hydrogen-bond donors (Lipinski definition) is 1. The van der Waals surface area contributed by atoms with Gasteiger partial charge in [0.2, 0.25) is 0 Å². The highest BCUT2D eigenvalue weighted by atomic mass is 35.5. The van der Waals surface area contributed by atoms with Gasteiger partial charge in [0.1, 0.15) is 0 Å². The van der Waals surface area contributed by atoms with Crippen molar-refractivity contribution < 1.29 is 0 Å². The molecule has 4 rings (SSSR count). The lowest BCUT2D eigenvalue weighted by Gasteiger charge is -2.41. The number of fused-ring (bicyclic) bond motifs is 1. The molecule has 1 fully saturated rings. The van der Waals surface area contributed by atoms with Crippen LogP contribution in [-0.4, -0.2) is 19.1 Å². The smallest absolute Gasteiger partial charge is 0.0542 e. The summed E-state index contributed by atoms with van der Waals surface area (Å²) >= 11 is 6.36. The van der Waals surface area contributed by atoms with Gasteiger partial charge in [-0.2, -0.15) is 0 Å². The van der Waals surface area contributed by atoms with Gasteiger partial charge in [0.05, 0.1) is 6.04 Å². The first-order valence-corrected chi connectivity index (χ1v) is 8.80. The number of nitrogens with zero attached hydrogens (tertiary/aromatic N) is 1. The molecule has 0 aromatic heterocycles. The molecule has 122 valence electrons. The quantitative estimate of drug-likeness (QED) is 0.737. The van der Waals surface area contributed by atoms with Gasteiger partial charge < -0.3 is 10.2 Å². The first-order chi connectivity index (χ1) is 11.7. The maximum absolute atomic E-state index is 6.36. The molecule has 24 heavy (non-hydrogen) atoms. The standard InChI is InChI=1S/C21H21ClN2/c1-15-20(22)7-4-8-21(15)24(19-12-23-13-19)14-16-9-10-17-5-2-3-6-18(17)11-16/h2-11,19,23H,12-14H2,1H3. The molecule has 0 radical (unpaired) electrons. The molecule has 1 aliphatic rings. The van der Waals surface area contributed by atoms with Crippen molar-refractivity contribution in [1.29, 1.82) is 0 Å². The Morgan fingerprint density at radius 1 is 1.00 bits per heavy atom. The van der Waals surface area contributed by atoms with Gasteiger partial charge in [-0.15, -0.1) is 0 Å². The summed E-state index contributed by atoms with van der Waals surface area (Å²) in [6.45, 7) is 5.06. The van der Waals surface area contributed by atoms with Gasteiger partial charge in [0, 0.05) is 30.3 Å². The van der Waals surface area contributed by atoms with Crippen LogP contribution in [0.4, 0.5) is 5.69 Å². The van der Waals surface area contributed by atoms with E-state index in [2.05, 4.69) is 65.7 Å². The van der Waals surface area contributed by atoms with Crippen molar-refractivity contribution in [2.75, 3.05) is 18.0 Å². The third-order valence-electron chi connectivity index (χ3n) is 4.92. The van der Waals surface area contributed by atoms with Gasteiger partial charge in [-0.25, -0.2) is 0 Å². The molecule has 1 saturated heterocycles. The number of rotatable bonds is 4. The fraction of sp³-hybridized carbons (Fsp3) is 0.238. The number of anilines is 1. The van der Waals surface area contributed by atoms with Crippen LogP contribution in [0.15, 0.2) is 60.7 Å². The molecular formula is C21H21ClN2. The van der Waals surface area contributed by atoms with Gasteiger partial charge in [-0.1, -0.05) is 54.1 Å². The highest BCUT2D eigenvalue weighted by molar-refractivity contribution is 6.31. The average molecular weight is 337 g/mol. The third-order valence-corrected chi connectivity index (χ3v) is 5.33. The molecule has 2 nitrogen and oxygen atoms in total. The second-order valence-corrected chi connectivity index (χ2v) is 6.91. The van der Waals surface area contributed by atoms with Crippen LogP contribution in [0.25, 0.3) is 10.8 Å². The molecule has 1 heterocycles. The maximum Gasteiger partial charge on any atom is 0.0542 e. The van der Waals surface area contributed by atoms with E-state index in [0.717, 1.165) is 30.2 Å². The van der Waals surface area contributed by atoms with E-state index in [4.69, 9.17) is 11.6 Å². The predicted molar refractivity (Wildman–Crippen MR) is 103 cm³/mol. The second-order valence-electron chi connectivity index (χ2n) is 6.51. The maximum atomic E-state index is 6.36. The Bertz CT molecular complexity index is 871. The summed E-state index contributed by atoms with van der Waals surface area (Å²) in [5.74, 6) is 0. The Morgan fingerprint density at radius 2 is 1.79 bits per heavy atom. The van der Waals surface area contributed by atoms with E-state index in [-0.39, 0.29) is 0 Å². The van der Waals surface area contributed by atoms with E-state index < -0.39 is 0 Å². The van der Waals surface area contributed by atoms with Gasteiger partial charge in [-0.05, 0) is 47.0 Å². The van der Waals surface area contributed by atoms with Gasteiger partial charge >= 0.3 is 0 Å². The molecule has 3 aromatic carbocycles. The van der Waals surface area contributed by atoms with E-state index in [0.29, 0.717) is 6.04 Å². The minimum Gasteiger partial charge on any atom is -0.361 e. The second kappa shape index (κ2) is 6.46. The Morgan fingerprint density at radius 3 is 2.54 bits per heavy atom. The van der Waals surface area contributed by atoms with E-state index in [9.17, 15) is 0 Å². The lowest BCUT2D eigenvalue weighted by molar-refractivity contribution is 0.411. The number of halogens is 1. The monoisotopic (exact) mass is 336 g/mol. The number of hydrogen-bond acceptors (Lipinski definition) is 2. The number of nitrogens with one attached hydrogen (secondary N) is 1. The van der Waals surface area contributed by atoms with Crippen molar-refractivity contribution in [3.8, 4) is 0 Å². The van der Waals surface area contributed by atoms with Gasteiger partial charge in [-0.3, -0.25) is 0 Å². The Kier molecular flexibility index (Phi) is 4.17. The van der Waals surface area contributed by atoms with Gasteiger partial charge in [0.25, 0.3) is 0 Å². The fourth-order valence-electron chi connectivity index (χ4n) is 3.35. The molecule has 0 unspecified atom stereocenters. The van der Waals surface area contributed by atoms with Crippen molar-refractivity contribution in [2.45, 2.75) is 19.5 Å². The molecule has 0 aliphatic carbocycles. The Hall–Kier alpha value is -2.03. The Balaban J connectivity index is 1.69. The van der Waals surface area contributed by atoms with Crippen molar-refractivity contribution in [1.82, 2.24) is 5.32 Å². The molecule has 0 spiro atoms. The molecule has 0 bridgehead atoms. The molecule has 0 amide bonds. The van der Waals surface area contributed by atoms with Crippen molar-refractivity contribution >= 4 is 28.1 Å². The van der Waals surface area contributed by atoms with Crippen LogP contribution in [0.3, 0.4) is 0 Å². The largest absolute Gasteiger partial charge is 0.361 e. The zero-order chi connectivity index (χ0) is 16.5. The van der Waals surface area contributed by atoms with E-state index in [1.54, 1.807) is 0 Å². The zero-order valence-corrected chi connectivity index (χ0v) is 14.6. The highest BCUT2D eigenvalue weighted by Gasteiger charge is 2.26. The van der Waals surface area contributed by atoms with Crippen LogP contribution in [0.2, 0.25) is 5.02 Å². The van der Waals surface area contributed by atoms with Crippen LogP contribution in [0.1, 0.15) is 11.1 Å². The molecule has 1 N–H and O–H groups in total. The summed E-state index contributed by atoms with van der Waals surface area (Å²) in [6, 6.07) is 22.0. The minimum absolute atomic E-state index is 0.522. The summed E-state index contributed by atoms with van der Waals surface area (Å²) in [4.78, 5) is 2.49. The first kappa shape index (κ1) is 15.5. The topological polar surface area (TPSA) is 15.3 Å². The molecule has 1 aliphatic heterocycles. The lowest BCUT2D eigenvalue weighted by atomic mass is 10.0. The molecule has 0 saturated carbocycles. The minimum atomic E-state index is 0.522. The van der Waals surface area contributed by atoms with Crippen molar-refractivity contribution in [2.24, 2.45) is 0 Å². The fourth-order valence-corrected chi connectivity index (χ4v) is 3.52. The third kappa shape index (κ3) is 2.88. The van der Waals surface area contributed by atoms with E-state index in [1.165, 1.54) is 22.0 Å². The SMILES string of the molecule is Cc1c(Cl)cccc1N(Cc1ccc2ccccc2c1)C1CNC1. The molecule has 0 atom stereocenters. The Labute approximate surface area is 148 Å². The van der Waals surface area contributed by atoms with Crippen molar-refractivity contribution in [3.63, 3.8) is 0 Å². The lowest BCUT2D eigenvalue weighted by Crippen LogP contribution is -2.57. The van der Waals surface area contributed by atoms with Crippen LogP contribution in [0, 0.1) is 6.92 Å². The summed E-state index contributed by atoms with van der Waals surface area (Å²) in [7, 11) is 0. The molecular weight excluding hydrogens is 316 g/mol. The normalized spacial score (nSPS) is 14.6. The molecule has 3 heteroatoms. The van der Waals surface area contributed by atoms with Crippen LogP contribution in [-0.2, 0) is 6.54 Å². The van der Waals surface area contributed by atoms with Crippen LogP contribution < -0.4 is 10.2 Å². The zero-order valence-electron chi connectivity index (χ0n) is 13.8. The van der Waals surface area contributed by atoms with Crippen LogP contribution >= 0.6 is 11.6 Å². The summed E-state index contributed by atoms with van der Waals surface area (Å²) in [5.41, 5.74) is 3.73. The highest BCUT2D eigenvalue weighted by Crippen LogP contribution is 2.30. The summed E-state index contributed by atoms with van der Waals surface area (Å²) in [6.07, 6.45) is 0. The van der Waals surface area contributed by atoms with E-state index >= 15 is 0 Å². The van der Waals surface area contributed by atoms with Crippen LogP contribution in [0.5, 0.6) is 0 Å². The predicted octanol–water partition coefficient (Wildman–Crippen LogP) is 4.78. The first-order valence-electron chi connectivity index (χ1n) is 8.42. The summed E-state index contributed by atoms with van der Waals surface area (Å²) < 4.78 is 0. The van der Waals surface area contributed by atoms with E-state index in [1.807, 2.05) is 12.1 Å².